The van der Waals surface area contributed by atoms with E-state index in [9.17, 15) is 9.59 Å². The first-order chi connectivity index (χ1) is 9.08. The van der Waals surface area contributed by atoms with E-state index >= 15 is 0 Å². The average Bonchev–Trinajstić information content (AvgIpc) is 2.82. The number of halogens is 1. The summed E-state index contributed by atoms with van der Waals surface area (Å²) in [6, 6.07) is 7.14. The van der Waals surface area contributed by atoms with Gasteiger partial charge in [-0.25, -0.2) is 4.79 Å². The number of nitrogens with zero attached hydrogens (tertiary/aromatic N) is 1. The predicted molar refractivity (Wildman–Crippen MR) is 73.0 cm³/mol. The molecule has 6 heteroatoms. The number of benzene rings is 1. The van der Waals surface area contributed by atoms with Gasteiger partial charge in [-0.3, -0.25) is 9.69 Å². The number of hydrogen-bond acceptors (Lipinski definition) is 3. The van der Waals surface area contributed by atoms with Crippen LogP contribution in [0.2, 0.25) is 5.02 Å². The molecular weight excluding hydrogens is 266 g/mol. The van der Waals surface area contributed by atoms with E-state index in [0.29, 0.717) is 18.1 Å². The molecule has 0 radical (unpaired) electrons. The molecule has 2 rings (SSSR count). The lowest BCUT2D eigenvalue weighted by molar-refractivity contribution is -0.126. The molecule has 1 heterocycles. The number of nitrogens with one attached hydrogen (secondary N) is 2. The third-order valence-electron chi connectivity index (χ3n) is 3.07. The van der Waals surface area contributed by atoms with E-state index in [1.165, 1.54) is 4.90 Å². The molecule has 0 aliphatic carbocycles. The molecule has 1 aromatic rings. The van der Waals surface area contributed by atoms with Crippen LogP contribution in [0.15, 0.2) is 24.3 Å². The van der Waals surface area contributed by atoms with Gasteiger partial charge < -0.3 is 10.6 Å². The third kappa shape index (κ3) is 3.45. The van der Waals surface area contributed by atoms with E-state index in [0.717, 1.165) is 5.56 Å². The lowest BCUT2D eigenvalue weighted by atomic mass is 10.1. The summed E-state index contributed by atoms with van der Waals surface area (Å²) in [6.45, 7) is 3.03. The van der Waals surface area contributed by atoms with Crippen LogP contribution in [0, 0.1) is 0 Å². The molecule has 3 amide bonds. The van der Waals surface area contributed by atoms with Gasteiger partial charge in [0.15, 0.2) is 0 Å². The molecule has 1 aromatic carbocycles. The van der Waals surface area contributed by atoms with Crippen LogP contribution >= 0.6 is 11.6 Å². The maximum atomic E-state index is 11.8. The second-order valence-electron chi connectivity index (χ2n) is 4.43. The Hall–Kier alpha value is -1.59. The number of carbonyl (C=O) groups excluding carboxylic acids is 2. The molecular formula is C13H16ClN3O2. The predicted octanol–water partition coefficient (Wildman–Crippen LogP) is 1.54. The Morgan fingerprint density at radius 2 is 2.37 bits per heavy atom. The molecule has 19 heavy (non-hydrogen) atoms. The summed E-state index contributed by atoms with van der Waals surface area (Å²) in [4.78, 5) is 24.4. The number of amides is 3. The summed E-state index contributed by atoms with van der Waals surface area (Å²) in [5.74, 6) is -0.219. The van der Waals surface area contributed by atoms with Crippen molar-refractivity contribution in [3.8, 4) is 0 Å². The molecule has 0 spiro atoms. The van der Waals surface area contributed by atoms with E-state index in [4.69, 9.17) is 11.6 Å². The minimum absolute atomic E-state index is 0.00619. The lowest BCUT2D eigenvalue weighted by Crippen LogP contribution is -2.40. The Kier molecular flexibility index (Phi) is 4.39. The third-order valence-corrected chi connectivity index (χ3v) is 3.30. The Labute approximate surface area is 116 Å². The highest BCUT2D eigenvalue weighted by Crippen LogP contribution is 2.17. The van der Waals surface area contributed by atoms with Gasteiger partial charge in [0.2, 0.25) is 5.91 Å². The van der Waals surface area contributed by atoms with Crippen molar-refractivity contribution in [2.45, 2.75) is 13.0 Å². The highest BCUT2D eigenvalue weighted by Gasteiger charge is 2.25. The SMILES string of the molecule is C[C@H](NCC(=O)N1CCNC1=O)c1cccc(Cl)c1. The normalized spacial score (nSPS) is 16.3. The van der Waals surface area contributed by atoms with Crippen LogP contribution in [-0.4, -0.2) is 36.5 Å². The summed E-state index contributed by atoms with van der Waals surface area (Å²) in [5.41, 5.74) is 1.01. The van der Waals surface area contributed by atoms with E-state index < -0.39 is 0 Å². The Morgan fingerprint density at radius 1 is 1.58 bits per heavy atom. The maximum Gasteiger partial charge on any atom is 0.324 e. The molecule has 0 aromatic heterocycles. The van der Waals surface area contributed by atoms with Crippen LogP contribution in [0.5, 0.6) is 0 Å². The Bertz CT molecular complexity index is 493. The second-order valence-corrected chi connectivity index (χ2v) is 4.87. The van der Waals surface area contributed by atoms with Crippen LogP contribution in [0.4, 0.5) is 4.79 Å². The zero-order valence-electron chi connectivity index (χ0n) is 10.6. The van der Waals surface area contributed by atoms with Gasteiger partial charge in [-0.15, -0.1) is 0 Å². The summed E-state index contributed by atoms with van der Waals surface area (Å²) in [7, 11) is 0. The molecule has 0 unspecified atom stereocenters. The summed E-state index contributed by atoms with van der Waals surface area (Å²) in [6.07, 6.45) is 0. The maximum absolute atomic E-state index is 11.8. The fourth-order valence-electron chi connectivity index (χ4n) is 1.94. The minimum atomic E-state index is -0.317. The highest BCUT2D eigenvalue weighted by atomic mass is 35.5. The van der Waals surface area contributed by atoms with Crippen LogP contribution in [0.25, 0.3) is 0 Å². The van der Waals surface area contributed by atoms with E-state index in [-0.39, 0.29) is 24.5 Å². The van der Waals surface area contributed by atoms with Crippen LogP contribution in [0.3, 0.4) is 0 Å². The van der Waals surface area contributed by atoms with Gasteiger partial charge in [-0.2, -0.15) is 0 Å². The molecule has 0 saturated carbocycles. The number of urea groups is 1. The monoisotopic (exact) mass is 281 g/mol. The molecule has 2 N–H and O–H groups in total. The first-order valence-electron chi connectivity index (χ1n) is 6.15. The molecule has 0 bridgehead atoms. The van der Waals surface area contributed by atoms with Crippen molar-refractivity contribution >= 4 is 23.5 Å². The van der Waals surface area contributed by atoms with Crippen molar-refractivity contribution in [2.24, 2.45) is 0 Å². The molecule has 1 aliphatic rings. The van der Waals surface area contributed by atoms with Gasteiger partial charge in [-0.05, 0) is 24.6 Å². The van der Waals surface area contributed by atoms with Gasteiger partial charge in [0.05, 0.1) is 6.54 Å². The van der Waals surface area contributed by atoms with Crippen molar-refractivity contribution in [1.29, 1.82) is 0 Å². The van der Waals surface area contributed by atoms with Crippen LogP contribution < -0.4 is 10.6 Å². The highest BCUT2D eigenvalue weighted by molar-refractivity contribution is 6.30. The van der Waals surface area contributed by atoms with Crippen molar-refractivity contribution in [3.63, 3.8) is 0 Å². The van der Waals surface area contributed by atoms with Crippen molar-refractivity contribution < 1.29 is 9.59 Å². The first-order valence-corrected chi connectivity index (χ1v) is 6.53. The van der Waals surface area contributed by atoms with Gasteiger partial charge in [0.25, 0.3) is 0 Å². The zero-order valence-corrected chi connectivity index (χ0v) is 11.4. The largest absolute Gasteiger partial charge is 0.336 e. The zero-order chi connectivity index (χ0) is 13.8. The Balaban J connectivity index is 1.88. The molecule has 1 saturated heterocycles. The van der Waals surface area contributed by atoms with Gasteiger partial charge >= 0.3 is 6.03 Å². The minimum Gasteiger partial charge on any atom is -0.336 e. The average molecular weight is 282 g/mol. The molecule has 1 fully saturated rings. The van der Waals surface area contributed by atoms with Gasteiger partial charge in [-0.1, -0.05) is 23.7 Å². The molecule has 5 nitrogen and oxygen atoms in total. The van der Waals surface area contributed by atoms with Crippen LogP contribution in [0.1, 0.15) is 18.5 Å². The summed E-state index contributed by atoms with van der Waals surface area (Å²) in [5, 5.41) is 6.36. The lowest BCUT2D eigenvalue weighted by Gasteiger charge is -2.17. The van der Waals surface area contributed by atoms with E-state index in [2.05, 4.69) is 10.6 Å². The van der Waals surface area contributed by atoms with E-state index in [1.54, 1.807) is 6.07 Å². The number of hydrogen-bond donors (Lipinski definition) is 2. The Morgan fingerprint density at radius 3 is 3.00 bits per heavy atom. The van der Waals surface area contributed by atoms with Gasteiger partial charge in [0, 0.05) is 24.2 Å². The number of rotatable bonds is 4. The van der Waals surface area contributed by atoms with E-state index in [1.807, 2.05) is 25.1 Å². The molecule has 1 atom stereocenters. The summed E-state index contributed by atoms with van der Waals surface area (Å²) < 4.78 is 0. The number of carbonyl (C=O) groups is 2. The standard InChI is InChI=1S/C13H16ClN3O2/c1-9(10-3-2-4-11(14)7-10)16-8-12(18)17-6-5-15-13(17)19/h2-4,7,9,16H,5-6,8H2,1H3,(H,15,19)/t9-/m0/s1. The number of imide groups is 1. The van der Waals surface area contributed by atoms with Gasteiger partial charge in [0.1, 0.15) is 0 Å². The van der Waals surface area contributed by atoms with Crippen molar-refractivity contribution in [2.75, 3.05) is 19.6 Å². The first kappa shape index (κ1) is 13.8. The molecule has 102 valence electrons. The fraction of sp³-hybridized carbons (Fsp3) is 0.385. The smallest absolute Gasteiger partial charge is 0.324 e. The topological polar surface area (TPSA) is 61.4 Å². The molecule has 1 aliphatic heterocycles. The van der Waals surface area contributed by atoms with Crippen LogP contribution in [-0.2, 0) is 4.79 Å². The van der Waals surface area contributed by atoms with Crippen molar-refractivity contribution in [3.05, 3.63) is 34.9 Å². The van der Waals surface area contributed by atoms with Crippen molar-refractivity contribution in [1.82, 2.24) is 15.5 Å². The fourth-order valence-corrected chi connectivity index (χ4v) is 2.14. The second kappa shape index (κ2) is 6.04. The quantitative estimate of drug-likeness (QED) is 0.880. The summed E-state index contributed by atoms with van der Waals surface area (Å²) >= 11 is 5.92.